The fraction of sp³-hybridized carbons (Fsp3) is 1.00. The summed E-state index contributed by atoms with van der Waals surface area (Å²) in [6.07, 6.45) is 10.8. The molecule has 0 saturated carbocycles. The molecule has 3 unspecified atom stereocenters. The lowest BCUT2D eigenvalue weighted by Crippen LogP contribution is -2.35. The van der Waals surface area contributed by atoms with Crippen LogP contribution in [-0.4, -0.2) is 39.0 Å². The highest BCUT2D eigenvalue weighted by Gasteiger charge is 2.06. The van der Waals surface area contributed by atoms with Crippen molar-refractivity contribution >= 4 is 0 Å². The van der Waals surface area contributed by atoms with Crippen LogP contribution < -0.4 is 22.1 Å². The Morgan fingerprint density at radius 1 is 0.920 bits per heavy atom. The van der Waals surface area contributed by atoms with E-state index in [2.05, 4.69) is 24.5 Å². The van der Waals surface area contributed by atoms with E-state index in [-0.39, 0.29) is 18.7 Å². The number of nitrogens with one attached hydrogen (secondary N) is 2. The topological polar surface area (TPSA) is 94.6 Å². The Bertz CT molecular complexity index is 243. The van der Waals surface area contributed by atoms with Gasteiger partial charge in [0.05, 0.1) is 6.73 Å². The fourth-order valence-electron chi connectivity index (χ4n) is 2.19. The first-order valence-corrected chi connectivity index (χ1v) is 10.2. The first-order valence-electron chi connectivity index (χ1n) is 10.2. The van der Waals surface area contributed by atoms with E-state index in [1.54, 1.807) is 6.92 Å². The van der Waals surface area contributed by atoms with Crippen LogP contribution in [0.1, 0.15) is 85.5 Å². The maximum absolute atomic E-state index is 5.72. The molecule has 6 heteroatoms. The van der Waals surface area contributed by atoms with Gasteiger partial charge in [0.15, 0.2) is 0 Å². The third-order valence-corrected chi connectivity index (χ3v) is 3.69. The summed E-state index contributed by atoms with van der Waals surface area (Å²) in [5, 5.41) is 6.55. The zero-order valence-electron chi connectivity index (χ0n) is 17.5. The molecule has 0 saturated heterocycles. The molecule has 3 atom stereocenters. The van der Waals surface area contributed by atoms with Crippen molar-refractivity contribution in [2.24, 2.45) is 11.5 Å². The van der Waals surface area contributed by atoms with Crippen LogP contribution in [-0.2, 0) is 9.47 Å². The molecule has 0 radical (unpaired) electrons. The number of nitrogens with two attached hydrogens (primary N) is 2. The van der Waals surface area contributed by atoms with Crippen LogP contribution in [0, 0.1) is 0 Å². The molecule has 0 bridgehead atoms. The Morgan fingerprint density at radius 3 is 2.04 bits per heavy atom. The molecule has 0 amide bonds. The number of rotatable bonds is 16. The summed E-state index contributed by atoms with van der Waals surface area (Å²) >= 11 is 0. The lowest BCUT2D eigenvalue weighted by atomic mass is 10.2. The maximum Gasteiger partial charge on any atom is 0.109 e. The smallest absolute Gasteiger partial charge is 0.109 e. The van der Waals surface area contributed by atoms with E-state index in [9.17, 15) is 0 Å². The molecule has 0 aromatic heterocycles. The number of hydrogen-bond donors (Lipinski definition) is 4. The highest BCUT2D eigenvalue weighted by Crippen LogP contribution is 2.05. The minimum absolute atomic E-state index is 0.199. The summed E-state index contributed by atoms with van der Waals surface area (Å²) in [6, 6.07) is 0. The van der Waals surface area contributed by atoms with Crippen molar-refractivity contribution in [3.05, 3.63) is 0 Å². The fourth-order valence-corrected chi connectivity index (χ4v) is 2.19. The predicted molar refractivity (Wildman–Crippen MR) is 108 cm³/mol. The van der Waals surface area contributed by atoms with Crippen molar-refractivity contribution in [2.45, 2.75) is 104 Å². The standard InChI is InChI=1S/C14H32N2O.C5H14N2O/c1-4-6-8-10-12-16-14(17-13-15-3)11-9-7-5-2;1-3-5(7)8-4(2)6/h14-16H,4-13H2,1-3H3;4-5H,3,6-7H2,1-2H3. The molecule has 6 N–H and O–H groups in total. The molecule has 0 aliphatic heterocycles. The Balaban J connectivity index is 0. The summed E-state index contributed by atoms with van der Waals surface area (Å²) in [7, 11) is 1.92. The van der Waals surface area contributed by atoms with E-state index in [0.29, 0.717) is 6.73 Å². The van der Waals surface area contributed by atoms with Crippen molar-refractivity contribution in [3.63, 3.8) is 0 Å². The van der Waals surface area contributed by atoms with E-state index < -0.39 is 0 Å². The average molecular weight is 363 g/mol. The van der Waals surface area contributed by atoms with Gasteiger partial charge in [-0.2, -0.15) is 0 Å². The van der Waals surface area contributed by atoms with Gasteiger partial charge in [0.1, 0.15) is 18.7 Å². The molecule has 0 aromatic carbocycles. The van der Waals surface area contributed by atoms with Crippen LogP contribution in [0.5, 0.6) is 0 Å². The first kappa shape index (κ1) is 27.0. The molecule has 0 aromatic rings. The average Bonchev–Trinajstić information content (AvgIpc) is 2.59. The van der Waals surface area contributed by atoms with Gasteiger partial charge in [-0.3, -0.25) is 10.6 Å². The van der Waals surface area contributed by atoms with Gasteiger partial charge < -0.3 is 20.9 Å². The van der Waals surface area contributed by atoms with E-state index in [0.717, 1.165) is 19.4 Å². The molecule has 0 aliphatic carbocycles. The molecule has 154 valence electrons. The van der Waals surface area contributed by atoms with Crippen LogP contribution in [0.15, 0.2) is 0 Å². The van der Waals surface area contributed by atoms with E-state index in [1.165, 1.54) is 44.9 Å². The van der Waals surface area contributed by atoms with Crippen molar-refractivity contribution in [1.29, 1.82) is 0 Å². The Morgan fingerprint density at radius 2 is 1.56 bits per heavy atom. The second kappa shape index (κ2) is 21.8. The van der Waals surface area contributed by atoms with Gasteiger partial charge in [0, 0.05) is 0 Å². The van der Waals surface area contributed by atoms with Crippen LogP contribution in [0.3, 0.4) is 0 Å². The lowest BCUT2D eigenvalue weighted by Gasteiger charge is -2.19. The number of unbranched alkanes of at least 4 members (excludes halogenated alkanes) is 5. The molecule has 25 heavy (non-hydrogen) atoms. The summed E-state index contributed by atoms with van der Waals surface area (Å²) in [5.41, 5.74) is 10.6. The van der Waals surface area contributed by atoms with Crippen LogP contribution in [0.25, 0.3) is 0 Å². The minimum Gasteiger partial charge on any atom is -0.348 e. The quantitative estimate of drug-likeness (QED) is 0.249. The van der Waals surface area contributed by atoms with E-state index in [4.69, 9.17) is 20.9 Å². The number of ether oxygens (including phenoxy) is 2. The molecule has 0 heterocycles. The summed E-state index contributed by atoms with van der Waals surface area (Å²) < 4.78 is 10.7. The van der Waals surface area contributed by atoms with Crippen molar-refractivity contribution in [2.75, 3.05) is 20.3 Å². The molecule has 0 aliphatic rings. The second-order valence-electron chi connectivity index (χ2n) is 6.45. The summed E-state index contributed by atoms with van der Waals surface area (Å²) in [6.45, 7) is 9.92. The highest BCUT2D eigenvalue weighted by atomic mass is 16.5. The Labute approximate surface area is 156 Å². The molecule has 6 nitrogen and oxygen atoms in total. The minimum atomic E-state index is -0.245. The van der Waals surface area contributed by atoms with Crippen LogP contribution in [0.2, 0.25) is 0 Å². The van der Waals surface area contributed by atoms with E-state index >= 15 is 0 Å². The van der Waals surface area contributed by atoms with Crippen molar-refractivity contribution < 1.29 is 9.47 Å². The largest absolute Gasteiger partial charge is 0.348 e. The van der Waals surface area contributed by atoms with Gasteiger partial charge in [-0.15, -0.1) is 0 Å². The monoisotopic (exact) mass is 362 g/mol. The third-order valence-electron chi connectivity index (χ3n) is 3.69. The van der Waals surface area contributed by atoms with Gasteiger partial charge in [-0.25, -0.2) is 0 Å². The second-order valence-corrected chi connectivity index (χ2v) is 6.45. The zero-order chi connectivity index (χ0) is 19.3. The summed E-state index contributed by atoms with van der Waals surface area (Å²) in [5.74, 6) is 0. The lowest BCUT2D eigenvalue weighted by molar-refractivity contribution is 0.00346. The highest BCUT2D eigenvalue weighted by molar-refractivity contribution is 4.57. The van der Waals surface area contributed by atoms with E-state index in [1.807, 2.05) is 14.0 Å². The maximum atomic E-state index is 5.72. The van der Waals surface area contributed by atoms with Gasteiger partial charge in [-0.05, 0) is 46.2 Å². The van der Waals surface area contributed by atoms with Crippen molar-refractivity contribution in [1.82, 2.24) is 10.6 Å². The molecular weight excluding hydrogens is 316 g/mol. The first-order chi connectivity index (χ1) is 12.0. The van der Waals surface area contributed by atoms with Gasteiger partial charge in [0.2, 0.25) is 0 Å². The molecule has 0 rings (SSSR count). The van der Waals surface area contributed by atoms with Crippen LogP contribution >= 0.6 is 0 Å². The third kappa shape index (κ3) is 23.8. The summed E-state index contributed by atoms with van der Waals surface area (Å²) in [4.78, 5) is 0. The Kier molecular flexibility index (Phi) is 23.5. The van der Waals surface area contributed by atoms with Crippen LogP contribution in [0.4, 0.5) is 0 Å². The van der Waals surface area contributed by atoms with Gasteiger partial charge in [0.25, 0.3) is 0 Å². The van der Waals surface area contributed by atoms with Gasteiger partial charge >= 0.3 is 0 Å². The van der Waals surface area contributed by atoms with Crippen molar-refractivity contribution in [3.8, 4) is 0 Å². The Hall–Kier alpha value is -0.240. The normalized spacial score (nSPS) is 14.5. The number of hydrogen-bond acceptors (Lipinski definition) is 6. The molecule has 0 fully saturated rings. The predicted octanol–water partition coefficient (Wildman–Crippen LogP) is 3.26. The SMILES string of the molecule is CCC(N)OC(C)N.CCCCCCNC(CCCCC)OCNC. The van der Waals surface area contributed by atoms with Gasteiger partial charge in [-0.1, -0.05) is 52.9 Å². The zero-order valence-corrected chi connectivity index (χ0v) is 17.5. The molecule has 0 spiro atoms. The molecular formula is C19H46N4O2.